The number of anilines is 2. The number of unbranched alkanes of at least 4 members (excludes halogenated alkanes) is 2. The normalized spacial score (nSPS) is 10.2. The summed E-state index contributed by atoms with van der Waals surface area (Å²) in [6.07, 6.45) is 5.58. The minimum atomic E-state index is -0.364. The predicted octanol–water partition coefficient (Wildman–Crippen LogP) is 3.00. The number of esters is 1. The van der Waals surface area contributed by atoms with Gasteiger partial charge in [-0.3, -0.25) is 0 Å². The molecule has 5 heteroatoms. The molecule has 1 aromatic rings. The van der Waals surface area contributed by atoms with E-state index in [0.717, 1.165) is 13.0 Å². The van der Waals surface area contributed by atoms with Crippen molar-refractivity contribution in [2.75, 3.05) is 36.7 Å². The van der Waals surface area contributed by atoms with Gasteiger partial charge < -0.3 is 15.8 Å². The molecule has 0 amide bonds. The summed E-state index contributed by atoms with van der Waals surface area (Å²) in [6.45, 7) is 0.812. The largest absolute Gasteiger partial charge is 0.465 e. The Labute approximate surface area is 119 Å². The molecule has 0 aliphatic rings. The molecule has 0 unspecified atom stereocenters. The highest BCUT2D eigenvalue weighted by Crippen LogP contribution is 2.24. The van der Waals surface area contributed by atoms with Crippen LogP contribution in [0.4, 0.5) is 11.4 Å². The molecule has 0 aromatic heterocycles. The summed E-state index contributed by atoms with van der Waals surface area (Å²) in [7, 11) is 1.37. The van der Waals surface area contributed by atoms with Gasteiger partial charge in [0.1, 0.15) is 0 Å². The summed E-state index contributed by atoms with van der Waals surface area (Å²) < 4.78 is 4.75. The minimum Gasteiger partial charge on any atom is -0.465 e. The number of benzene rings is 1. The average Bonchev–Trinajstić information content (AvgIpc) is 2.43. The van der Waals surface area contributed by atoms with Gasteiger partial charge in [-0.15, -0.1) is 0 Å². The number of carbonyl (C=O) groups excluding carboxylic acids is 1. The van der Waals surface area contributed by atoms with Gasteiger partial charge in [0.15, 0.2) is 0 Å². The monoisotopic (exact) mass is 282 g/mol. The quantitative estimate of drug-likeness (QED) is 0.436. The van der Waals surface area contributed by atoms with Crippen LogP contribution in [0.1, 0.15) is 29.6 Å². The molecule has 0 bridgehead atoms. The number of carbonyl (C=O) groups is 1. The van der Waals surface area contributed by atoms with Crippen LogP contribution < -0.4 is 11.1 Å². The van der Waals surface area contributed by atoms with Crippen molar-refractivity contribution >= 4 is 29.1 Å². The summed E-state index contributed by atoms with van der Waals surface area (Å²) in [5.74, 6) is 0.832. The first kappa shape index (κ1) is 15.7. The van der Waals surface area contributed by atoms with Gasteiger partial charge in [0.2, 0.25) is 0 Å². The second-order valence-corrected chi connectivity index (χ2v) is 5.23. The van der Waals surface area contributed by atoms with Crippen LogP contribution >= 0.6 is 11.8 Å². The third kappa shape index (κ3) is 5.03. The van der Waals surface area contributed by atoms with Gasteiger partial charge in [-0.2, -0.15) is 11.8 Å². The molecular formula is C14H22N2O2S. The highest BCUT2D eigenvalue weighted by atomic mass is 32.2. The maximum absolute atomic E-state index is 11.6. The van der Waals surface area contributed by atoms with Gasteiger partial charge in [0, 0.05) is 6.54 Å². The second kappa shape index (κ2) is 8.69. The van der Waals surface area contributed by atoms with Crippen LogP contribution in [-0.2, 0) is 4.74 Å². The number of hydrogen-bond donors (Lipinski definition) is 2. The Morgan fingerprint density at radius 2 is 2.16 bits per heavy atom. The predicted molar refractivity (Wildman–Crippen MR) is 82.9 cm³/mol. The van der Waals surface area contributed by atoms with Crippen molar-refractivity contribution < 1.29 is 9.53 Å². The van der Waals surface area contributed by atoms with Crippen molar-refractivity contribution in [3.63, 3.8) is 0 Å². The van der Waals surface area contributed by atoms with Gasteiger partial charge in [-0.1, -0.05) is 12.5 Å². The molecule has 0 atom stereocenters. The van der Waals surface area contributed by atoms with E-state index < -0.39 is 0 Å². The second-order valence-electron chi connectivity index (χ2n) is 4.24. The summed E-state index contributed by atoms with van der Waals surface area (Å²) in [5.41, 5.74) is 7.65. The molecule has 0 saturated carbocycles. The lowest BCUT2D eigenvalue weighted by Crippen LogP contribution is -2.11. The van der Waals surface area contributed by atoms with E-state index in [1.807, 2.05) is 11.8 Å². The number of ether oxygens (including phenoxy) is 1. The number of thioether (sulfide) groups is 1. The SMILES string of the molecule is COC(=O)c1cccc(N)c1NCCCCCSC. The molecule has 0 aliphatic heterocycles. The van der Waals surface area contributed by atoms with Crippen molar-refractivity contribution in [3.05, 3.63) is 23.8 Å². The Balaban J connectivity index is 2.54. The lowest BCUT2D eigenvalue weighted by molar-refractivity contribution is 0.0602. The fraction of sp³-hybridized carbons (Fsp3) is 0.500. The maximum Gasteiger partial charge on any atom is 0.340 e. The van der Waals surface area contributed by atoms with E-state index in [9.17, 15) is 4.79 Å². The maximum atomic E-state index is 11.6. The Hall–Kier alpha value is -1.36. The molecule has 0 spiro atoms. The lowest BCUT2D eigenvalue weighted by atomic mass is 10.1. The number of nitrogens with two attached hydrogens (primary N) is 1. The smallest absolute Gasteiger partial charge is 0.340 e. The summed E-state index contributed by atoms with van der Waals surface area (Å²) in [4.78, 5) is 11.6. The molecule has 0 radical (unpaired) electrons. The Morgan fingerprint density at radius 1 is 1.37 bits per heavy atom. The van der Waals surface area contributed by atoms with Crippen LogP contribution in [0.3, 0.4) is 0 Å². The fourth-order valence-electron chi connectivity index (χ4n) is 1.81. The van der Waals surface area contributed by atoms with Crippen LogP contribution in [-0.4, -0.2) is 31.6 Å². The first-order valence-corrected chi connectivity index (χ1v) is 7.79. The molecule has 4 nitrogen and oxygen atoms in total. The van der Waals surface area contributed by atoms with Crippen molar-refractivity contribution in [1.29, 1.82) is 0 Å². The van der Waals surface area contributed by atoms with Crippen LogP contribution in [0.25, 0.3) is 0 Å². The zero-order chi connectivity index (χ0) is 14.1. The van der Waals surface area contributed by atoms with E-state index in [-0.39, 0.29) is 5.97 Å². The van der Waals surface area contributed by atoms with E-state index >= 15 is 0 Å². The van der Waals surface area contributed by atoms with Gasteiger partial charge in [0.25, 0.3) is 0 Å². The number of methoxy groups -OCH3 is 1. The third-order valence-electron chi connectivity index (χ3n) is 2.83. The average molecular weight is 282 g/mol. The Morgan fingerprint density at radius 3 is 2.84 bits per heavy atom. The van der Waals surface area contributed by atoms with E-state index in [2.05, 4.69) is 11.6 Å². The fourth-order valence-corrected chi connectivity index (χ4v) is 2.30. The van der Waals surface area contributed by atoms with Crippen molar-refractivity contribution in [2.24, 2.45) is 0 Å². The van der Waals surface area contributed by atoms with Crippen LogP contribution in [0.5, 0.6) is 0 Å². The molecule has 0 fully saturated rings. The van der Waals surface area contributed by atoms with E-state index in [1.54, 1.807) is 18.2 Å². The van der Waals surface area contributed by atoms with Gasteiger partial charge in [-0.05, 0) is 37.0 Å². The van der Waals surface area contributed by atoms with Crippen molar-refractivity contribution in [3.8, 4) is 0 Å². The van der Waals surface area contributed by atoms with Crippen molar-refractivity contribution in [1.82, 2.24) is 0 Å². The highest BCUT2D eigenvalue weighted by molar-refractivity contribution is 7.98. The van der Waals surface area contributed by atoms with Gasteiger partial charge >= 0.3 is 5.97 Å². The van der Waals surface area contributed by atoms with E-state index in [1.165, 1.54) is 25.7 Å². The zero-order valence-corrected chi connectivity index (χ0v) is 12.4. The summed E-state index contributed by atoms with van der Waals surface area (Å²) in [5, 5.41) is 3.24. The molecule has 0 saturated heterocycles. The number of rotatable bonds is 8. The minimum absolute atomic E-state index is 0.364. The Bertz CT molecular complexity index is 410. The molecular weight excluding hydrogens is 260 g/mol. The highest BCUT2D eigenvalue weighted by Gasteiger charge is 2.13. The van der Waals surface area contributed by atoms with E-state index in [4.69, 9.17) is 10.5 Å². The van der Waals surface area contributed by atoms with Crippen LogP contribution in [0.15, 0.2) is 18.2 Å². The van der Waals surface area contributed by atoms with E-state index in [0.29, 0.717) is 16.9 Å². The molecule has 3 N–H and O–H groups in total. The number of hydrogen-bond acceptors (Lipinski definition) is 5. The molecule has 1 aromatic carbocycles. The summed E-state index contributed by atoms with van der Waals surface area (Å²) in [6, 6.07) is 5.26. The van der Waals surface area contributed by atoms with Crippen LogP contribution in [0.2, 0.25) is 0 Å². The third-order valence-corrected chi connectivity index (χ3v) is 3.53. The standard InChI is InChI=1S/C14H22N2O2S/c1-18-14(17)11-7-6-8-12(15)13(11)16-9-4-3-5-10-19-2/h6-8,16H,3-5,9-10,15H2,1-2H3. The zero-order valence-electron chi connectivity index (χ0n) is 11.6. The first-order valence-electron chi connectivity index (χ1n) is 6.40. The van der Waals surface area contributed by atoms with Crippen LogP contribution in [0, 0.1) is 0 Å². The molecule has 0 heterocycles. The molecule has 1 rings (SSSR count). The van der Waals surface area contributed by atoms with Gasteiger partial charge in [-0.25, -0.2) is 4.79 Å². The number of nitrogens with one attached hydrogen (secondary N) is 1. The summed E-state index contributed by atoms with van der Waals surface area (Å²) >= 11 is 1.87. The first-order chi connectivity index (χ1) is 9.20. The lowest BCUT2D eigenvalue weighted by Gasteiger charge is -2.13. The topological polar surface area (TPSA) is 64.3 Å². The number of nitrogen functional groups attached to an aromatic ring is 1. The molecule has 19 heavy (non-hydrogen) atoms. The van der Waals surface area contributed by atoms with Crippen molar-refractivity contribution in [2.45, 2.75) is 19.3 Å². The Kier molecular flexibility index (Phi) is 7.18. The van der Waals surface area contributed by atoms with Gasteiger partial charge in [0.05, 0.1) is 24.0 Å². The molecule has 106 valence electrons. The number of para-hydroxylation sites is 1. The molecule has 0 aliphatic carbocycles.